The van der Waals surface area contributed by atoms with E-state index in [1.807, 2.05) is 43.3 Å². The fourth-order valence-electron chi connectivity index (χ4n) is 2.55. The number of aryl methyl sites for hydroxylation is 1. The SMILES string of the molecule is Cc1ccc(Pc2ccccc2OCc2ccccc2)c(CO)c1. The molecular formula is C21H21O2P. The third kappa shape index (κ3) is 4.23. The third-order valence-corrected chi connectivity index (χ3v) is 5.26. The van der Waals surface area contributed by atoms with Crippen LogP contribution in [0.15, 0.2) is 72.8 Å². The number of hydrogen-bond acceptors (Lipinski definition) is 2. The molecule has 0 saturated heterocycles. The number of ether oxygens (including phenoxy) is 1. The van der Waals surface area contributed by atoms with Crippen LogP contribution in [0.1, 0.15) is 16.7 Å². The molecule has 122 valence electrons. The summed E-state index contributed by atoms with van der Waals surface area (Å²) < 4.78 is 6.04. The van der Waals surface area contributed by atoms with Crippen LogP contribution in [0.2, 0.25) is 0 Å². The van der Waals surface area contributed by atoms with Crippen LogP contribution in [-0.4, -0.2) is 5.11 Å². The quantitative estimate of drug-likeness (QED) is 0.696. The number of aliphatic hydroxyl groups is 1. The molecule has 1 unspecified atom stereocenters. The number of aliphatic hydroxyl groups excluding tert-OH is 1. The average molecular weight is 336 g/mol. The maximum absolute atomic E-state index is 9.62. The van der Waals surface area contributed by atoms with Gasteiger partial charge in [0.1, 0.15) is 12.4 Å². The van der Waals surface area contributed by atoms with Crippen molar-refractivity contribution in [2.75, 3.05) is 0 Å². The van der Waals surface area contributed by atoms with Gasteiger partial charge >= 0.3 is 0 Å². The largest absolute Gasteiger partial charge is 0.488 e. The van der Waals surface area contributed by atoms with Crippen molar-refractivity contribution in [2.45, 2.75) is 20.1 Å². The minimum absolute atomic E-state index is 0.0665. The summed E-state index contributed by atoms with van der Waals surface area (Å²) in [6.45, 7) is 2.67. The van der Waals surface area contributed by atoms with Gasteiger partial charge < -0.3 is 9.84 Å². The molecule has 0 fully saturated rings. The molecular weight excluding hydrogens is 315 g/mol. The van der Waals surface area contributed by atoms with E-state index < -0.39 is 0 Å². The highest BCUT2D eigenvalue weighted by Crippen LogP contribution is 2.22. The summed E-state index contributed by atoms with van der Waals surface area (Å²) in [6, 6.07) is 24.6. The van der Waals surface area contributed by atoms with E-state index in [-0.39, 0.29) is 6.61 Å². The van der Waals surface area contributed by atoms with Gasteiger partial charge in [0.05, 0.1) is 6.61 Å². The lowest BCUT2D eigenvalue weighted by atomic mass is 10.1. The Kier molecular flexibility index (Phi) is 5.63. The molecule has 3 aromatic carbocycles. The summed E-state index contributed by atoms with van der Waals surface area (Å²) in [5, 5.41) is 11.9. The number of rotatable bonds is 6. The lowest BCUT2D eigenvalue weighted by molar-refractivity contribution is 0.283. The van der Waals surface area contributed by atoms with Crippen molar-refractivity contribution in [2.24, 2.45) is 0 Å². The second-order valence-corrected chi connectivity index (χ2v) is 7.04. The smallest absolute Gasteiger partial charge is 0.127 e. The van der Waals surface area contributed by atoms with Crippen molar-refractivity contribution in [1.82, 2.24) is 0 Å². The summed E-state index contributed by atoms with van der Waals surface area (Å²) in [5.74, 6) is 0.907. The average Bonchev–Trinajstić information content (AvgIpc) is 2.63. The van der Waals surface area contributed by atoms with E-state index in [1.165, 1.54) is 10.9 Å². The van der Waals surface area contributed by atoms with Gasteiger partial charge in [-0.15, -0.1) is 0 Å². The van der Waals surface area contributed by atoms with Crippen LogP contribution < -0.4 is 15.3 Å². The van der Waals surface area contributed by atoms with Gasteiger partial charge in [0, 0.05) is 5.30 Å². The van der Waals surface area contributed by atoms with E-state index in [0.717, 1.165) is 22.2 Å². The first-order valence-corrected chi connectivity index (χ1v) is 8.99. The second kappa shape index (κ2) is 8.10. The molecule has 24 heavy (non-hydrogen) atoms. The molecule has 1 N–H and O–H groups in total. The first kappa shape index (κ1) is 16.7. The first-order valence-electron chi connectivity index (χ1n) is 7.99. The monoisotopic (exact) mass is 336 g/mol. The van der Waals surface area contributed by atoms with E-state index in [4.69, 9.17) is 4.74 Å². The number of hydrogen-bond donors (Lipinski definition) is 1. The second-order valence-electron chi connectivity index (χ2n) is 5.71. The van der Waals surface area contributed by atoms with Crippen LogP contribution in [0.4, 0.5) is 0 Å². The van der Waals surface area contributed by atoms with Crippen LogP contribution in [0.25, 0.3) is 0 Å². The van der Waals surface area contributed by atoms with Crippen LogP contribution in [0, 0.1) is 6.92 Å². The van der Waals surface area contributed by atoms with Crippen molar-refractivity contribution in [3.05, 3.63) is 89.5 Å². The summed E-state index contributed by atoms with van der Waals surface area (Å²) >= 11 is 0. The number of benzene rings is 3. The minimum atomic E-state index is 0.0665. The molecule has 0 aliphatic rings. The Bertz CT molecular complexity index is 800. The molecule has 0 aliphatic carbocycles. The maximum Gasteiger partial charge on any atom is 0.127 e. The Morgan fingerprint density at radius 1 is 0.875 bits per heavy atom. The molecule has 0 heterocycles. The molecule has 3 aromatic rings. The van der Waals surface area contributed by atoms with Gasteiger partial charge in [0.25, 0.3) is 0 Å². The lowest BCUT2D eigenvalue weighted by Crippen LogP contribution is -2.12. The van der Waals surface area contributed by atoms with Crippen molar-refractivity contribution in [1.29, 1.82) is 0 Å². The summed E-state index contributed by atoms with van der Waals surface area (Å²) in [7, 11) is 0.460. The zero-order valence-electron chi connectivity index (χ0n) is 13.7. The topological polar surface area (TPSA) is 29.5 Å². The van der Waals surface area contributed by atoms with E-state index >= 15 is 0 Å². The molecule has 0 radical (unpaired) electrons. The highest BCUT2D eigenvalue weighted by molar-refractivity contribution is 7.55. The zero-order valence-corrected chi connectivity index (χ0v) is 14.7. The molecule has 3 rings (SSSR count). The molecule has 0 aromatic heterocycles. The molecule has 1 atom stereocenters. The summed E-state index contributed by atoms with van der Waals surface area (Å²) in [5.41, 5.74) is 3.31. The van der Waals surface area contributed by atoms with Gasteiger partial charge in [0.15, 0.2) is 0 Å². The predicted molar refractivity (Wildman–Crippen MR) is 102 cm³/mol. The highest BCUT2D eigenvalue weighted by Gasteiger charge is 2.08. The predicted octanol–water partition coefficient (Wildman–Crippen LogP) is 3.70. The Hall–Kier alpha value is -2.15. The van der Waals surface area contributed by atoms with Gasteiger partial charge in [-0.1, -0.05) is 80.9 Å². The van der Waals surface area contributed by atoms with Crippen LogP contribution in [0.3, 0.4) is 0 Å². The standard InChI is InChI=1S/C21H21O2P/c1-16-11-12-20(18(13-16)14-22)24-21-10-6-5-9-19(21)23-15-17-7-3-2-4-8-17/h2-13,22,24H,14-15H2,1H3. The Balaban J connectivity index is 1.79. The Morgan fingerprint density at radius 3 is 2.42 bits per heavy atom. The molecule has 0 aliphatic heterocycles. The van der Waals surface area contributed by atoms with E-state index in [0.29, 0.717) is 15.2 Å². The zero-order chi connectivity index (χ0) is 16.8. The molecule has 2 nitrogen and oxygen atoms in total. The third-order valence-electron chi connectivity index (χ3n) is 3.82. The maximum atomic E-state index is 9.62. The van der Waals surface area contributed by atoms with Gasteiger partial charge in [0.2, 0.25) is 0 Å². The molecule has 3 heteroatoms. The fraction of sp³-hybridized carbons (Fsp3) is 0.143. The fourth-order valence-corrected chi connectivity index (χ4v) is 3.78. The normalized spacial score (nSPS) is 11.1. The van der Waals surface area contributed by atoms with E-state index in [2.05, 4.69) is 36.4 Å². The van der Waals surface area contributed by atoms with Gasteiger partial charge in [-0.25, -0.2) is 0 Å². The van der Waals surface area contributed by atoms with E-state index in [1.54, 1.807) is 0 Å². The molecule has 0 amide bonds. The first-order chi connectivity index (χ1) is 11.8. The van der Waals surface area contributed by atoms with Gasteiger partial charge in [-0.2, -0.15) is 0 Å². The van der Waals surface area contributed by atoms with Crippen LogP contribution >= 0.6 is 8.58 Å². The van der Waals surface area contributed by atoms with Gasteiger partial charge in [-0.05, 0) is 29.4 Å². The van der Waals surface area contributed by atoms with E-state index in [9.17, 15) is 5.11 Å². The summed E-state index contributed by atoms with van der Waals surface area (Å²) in [6.07, 6.45) is 0. The van der Waals surface area contributed by atoms with Gasteiger partial charge in [-0.3, -0.25) is 0 Å². The Labute approximate surface area is 144 Å². The summed E-state index contributed by atoms with van der Waals surface area (Å²) in [4.78, 5) is 0. The van der Waals surface area contributed by atoms with Crippen molar-refractivity contribution in [3.63, 3.8) is 0 Å². The van der Waals surface area contributed by atoms with Crippen molar-refractivity contribution < 1.29 is 9.84 Å². The minimum Gasteiger partial charge on any atom is -0.488 e. The van der Waals surface area contributed by atoms with Crippen molar-refractivity contribution in [3.8, 4) is 5.75 Å². The molecule has 0 spiro atoms. The van der Waals surface area contributed by atoms with Crippen LogP contribution in [0.5, 0.6) is 5.75 Å². The highest BCUT2D eigenvalue weighted by atomic mass is 31.1. The number of para-hydroxylation sites is 1. The lowest BCUT2D eigenvalue weighted by Gasteiger charge is -2.14. The molecule has 0 saturated carbocycles. The van der Waals surface area contributed by atoms with Crippen molar-refractivity contribution >= 4 is 19.2 Å². The Morgan fingerprint density at radius 2 is 1.62 bits per heavy atom. The molecule has 0 bridgehead atoms. The van der Waals surface area contributed by atoms with Crippen LogP contribution in [-0.2, 0) is 13.2 Å².